The Morgan fingerprint density at radius 1 is 1.03 bits per heavy atom. The Kier molecular flexibility index (Phi) is 11.5. The maximum Gasteiger partial charge on any atom is 0.244 e. The zero-order valence-corrected chi connectivity index (χ0v) is 23.6. The van der Waals surface area contributed by atoms with Crippen molar-refractivity contribution in [2.45, 2.75) is 59.0 Å². The fourth-order valence-electron chi connectivity index (χ4n) is 3.77. The van der Waals surface area contributed by atoms with E-state index in [1.54, 1.807) is 30.3 Å². The lowest BCUT2D eigenvalue weighted by Crippen LogP contribution is -2.52. The summed E-state index contributed by atoms with van der Waals surface area (Å²) in [6.45, 7) is 5.91. The molecule has 7 nitrogen and oxygen atoms in total. The number of anilines is 1. The average molecular weight is 557 g/mol. The average Bonchev–Trinajstić information content (AvgIpc) is 2.83. The van der Waals surface area contributed by atoms with Crippen molar-refractivity contribution in [2.75, 3.05) is 23.7 Å². The van der Waals surface area contributed by atoms with Crippen molar-refractivity contribution in [3.05, 3.63) is 63.6 Å². The van der Waals surface area contributed by atoms with Gasteiger partial charge in [0.25, 0.3) is 0 Å². The molecule has 0 fully saturated rings. The number of nitrogens with zero attached hydrogens (tertiary/aromatic N) is 2. The Morgan fingerprint density at radius 2 is 1.69 bits per heavy atom. The van der Waals surface area contributed by atoms with Crippen LogP contribution in [0.1, 0.15) is 51.2 Å². The number of sulfonamides is 1. The Balaban J connectivity index is 2.43. The highest BCUT2D eigenvalue weighted by Crippen LogP contribution is 2.25. The minimum Gasteiger partial charge on any atom is -0.354 e. The standard InChI is InChI=1S/C26H35Cl2N3O4S/c1-5-8-15-29-26(33)24(7-3)30(17-20-11-12-21(27)16-23(20)28)25(32)18-31(36(4,34)35)22-13-9-19(6-2)10-14-22/h9-14,16,24H,5-8,15,17-18H2,1-4H3,(H,29,33)/t24-/m1/s1. The smallest absolute Gasteiger partial charge is 0.244 e. The van der Waals surface area contributed by atoms with E-state index in [1.807, 2.05) is 32.9 Å². The van der Waals surface area contributed by atoms with E-state index in [0.29, 0.717) is 34.3 Å². The van der Waals surface area contributed by atoms with Gasteiger partial charge in [-0.2, -0.15) is 0 Å². The molecule has 0 aliphatic carbocycles. The van der Waals surface area contributed by atoms with Crippen LogP contribution in [0.25, 0.3) is 0 Å². The van der Waals surface area contributed by atoms with Crippen LogP contribution in [0.15, 0.2) is 42.5 Å². The number of nitrogens with one attached hydrogen (secondary N) is 1. The predicted molar refractivity (Wildman–Crippen MR) is 147 cm³/mol. The minimum absolute atomic E-state index is 0.0287. The van der Waals surface area contributed by atoms with Crippen LogP contribution < -0.4 is 9.62 Å². The molecular weight excluding hydrogens is 521 g/mol. The molecule has 0 saturated heterocycles. The molecule has 2 aromatic rings. The monoisotopic (exact) mass is 555 g/mol. The van der Waals surface area contributed by atoms with Crippen LogP contribution in [0.4, 0.5) is 5.69 Å². The van der Waals surface area contributed by atoms with Gasteiger partial charge in [0.2, 0.25) is 21.8 Å². The number of carbonyl (C=O) groups is 2. The second-order valence-corrected chi connectivity index (χ2v) is 11.4. The van der Waals surface area contributed by atoms with Gasteiger partial charge in [0.05, 0.1) is 11.9 Å². The first kappa shape index (κ1) is 29.9. The summed E-state index contributed by atoms with van der Waals surface area (Å²) in [6.07, 6.45) is 3.94. The number of hydrogen-bond acceptors (Lipinski definition) is 4. The molecule has 2 amide bonds. The maximum atomic E-state index is 13.7. The number of halogens is 2. The number of hydrogen-bond donors (Lipinski definition) is 1. The van der Waals surface area contributed by atoms with Crippen molar-refractivity contribution >= 4 is 50.7 Å². The van der Waals surface area contributed by atoms with E-state index in [4.69, 9.17) is 23.2 Å². The van der Waals surface area contributed by atoms with Gasteiger partial charge in [0, 0.05) is 23.1 Å². The van der Waals surface area contributed by atoms with Crippen LogP contribution in [0.2, 0.25) is 10.0 Å². The van der Waals surface area contributed by atoms with Crippen LogP contribution >= 0.6 is 23.2 Å². The fourth-order valence-corrected chi connectivity index (χ4v) is 5.09. The number of rotatable bonds is 13. The summed E-state index contributed by atoms with van der Waals surface area (Å²) in [5.74, 6) is -0.800. The van der Waals surface area contributed by atoms with Gasteiger partial charge < -0.3 is 10.2 Å². The molecule has 0 bridgehead atoms. The molecule has 2 aromatic carbocycles. The Bertz CT molecular complexity index is 1140. The summed E-state index contributed by atoms with van der Waals surface area (Å²) in [4.78, 5) is 28.1. The third-order valence-electron chi connectivity index (χ3n) is 5.88. The summed E-state index contributed by atoms with van der Waals surface area (Å²) in [7, 11) is -3.78. The molecule has 0 heterocycles. The second kappa shape index (κ2) is 13.9. The number of carbonyl (C=O) groups excluding carboxylic acids is 2. The summed E-state index contributed by atoms with van der Waals surface area (Å²) < 4.78 is 26.4. The topological polar surface area (TPSA) is 86.8 Å². The van der Waals surface area contributed by atoms with E-state index >= 15 is 0 Å². The van der Waals surface area contributed by atoms with Crippen LogP contribution in [-0.4, -0.2) is 50.5 Å². The van der Waals surface area contributed by atoms with Crippen molar-refractivity contribution < 1.29 is 18.0 Å². The number of unbranched alkanes of at least 4 members (excludes halogenated alkanes) is 1. The van der Waals surface area contributed by atoms with Gasteiger partial charge in [0.1, 0.15) is 12.6 Å². The third-order valence-corrected chi connectivity index (χ3v) is 7.61. The summed E-state index contributed by atoms with van der Waals surface area (Å²) in [6, 6.07) is 11.2. The number of aryl methyl sites for hydroxylation is 1. The zero-order valence-electron chi connectivity index (χ0n) is 21.3. The van der Waals surface area contributed by atoms with E-state index in [-0.39, 0.29) is 12.5 Å². The zero-order chi connectivity index (χ0) is 26.9. The molecule has 0 spiro atoms. The summed E-state index contributed by atoms with van der Waals surface area (Å²) >= 11 is 12.4. The van der Waals surface area contributed by atoms with Crippen LogP contribution in [0.3, 0.4) is 0 Å². The van der Waals surface area contributed by atoms with E-state index in [0.717, 1.165) is 35.4 Å². The lowest BCUT2D eigenvalue weighted by atomic mass is 10.1. The maximum absolute atomic E-state index is 13.7. The van der Waals surface area contributed by atoms with Crippen LogP contribution in [0, 0.1) is 0 Å². The quantitative estimate of drug-likeness (QED) is 0.350. The van der Waals surface area contributed by atoms with E-state index < -0.39 is 28.5 Å². The fraction of sp³-hybridized carbons (Fsp3) is 0.462. The minimum atomic E-state index is -3.78. The molecule has 1 atom stereocenters. The summed E-state index contributed by atoms with van der Waals surface area (Å²) in [5, 5.41) is 3.70. The lowest BCUT2D eigenvalue weighted by molar-refractivity contribution is -0.140. The molecular formula is C26H35Cl2N3O4S. The number of benzene rings is 2. The van der Waals surface area contributed by atoms with Gasteiger partial charge >= 0.3 is 0 Å². The van der Waals surface area contributed by atoms with Crippen LogP contribution in [0.5, 0.6) is 0 Å². The highest BCUT2D eigenvalue weighted by molar-refractivity contribution is 7.92. The lowest BCUT2D eigenvalue weighted by Gasteiger charge is -2.33. The molecule has 36 heavy (non-hydrogen) atoms. The molecule has 0 unspecified atom stereocenters. The van der Waals surface area contributed by atoms with E-state index in [1.165, 1.54) is 4.90 Å². The molecule has 0 saturated carbocycles. The van der Waals surface area contributed by atoms with Crippen molar-refractivity contribution in [1.29, 1.82) is 0 Å². The highest BCUT2D eigenvalue weighted by Gasteiger charge is 2.32. The molecule has 0 aliphatic heterocycles. The highest BCUT2D eigenvalue weighted by atomic mass is 35.5. The SMILES string of the molecule is CCCCNC(=O)[C@@H](CC)N(Cc1ccc(Cl)cc1Cl)C(=O)CN(c1ccc(CC)cc1)S(C)(=O)=O. The Morgan fingerprint density at radius 3 is 2.22 bits per heavy atom. The van der Waals surface area contributed by atoms with Crippen molar-refractivity contribution in [1.82, 2.24) is 10.2 Å². The predicted octanol–water partition coefficient (Wildman–Crippen LogP) is 5.05. The van der Waals surface area contributed by atoms with Crippen molar-refractivity contribution in [3.8, 4) is 0 Å². The molecule has 198 valence electrons. The van der Waals surface area contributed by atoms with E-state index in [2.05, 4.69) is 5.32 Å². The summed E-state index contributed by atoms with van der Waals surface area (Å²) in [5.41, 5.74) is 2.03. The van der Waals surface area contributed by atoms with Gasteiger partial charge in [-0.3, -0.25) is 13.9 Å². The molecule has 1 N–H and O–H groups in total. The largest absolute Gasteiger partial charge is 0.354 e. The first-order chi connectivity index (χ1) is 17.0. The number of amides is 2. The Labute approximate surface area is 224 Å². The van der Waals surface area contributed by atoms with Gasteiger partial charge in [-0.05, 0) is 54.7 Å². The molecule has 2 rings (SSSR count). The first-order valence-electron chi connectivity index (χ1n) is 12.1. The molecule has 10 heteroatoms. The van der Waals surface area contributed by atoms with Gasteiger partial charge in [-0.1, -0.05) is 68.6 Å². The van der Waals surface area contributed by atoms with E-state index in [9.17, 15) is 18.0 Å². The van der Waals surface area contributed by atoms with Crippen molar-refractivity contribution in [3.63, 3.8) is 0 Å². The Hall–Kier alpha value is -2.29. The van der Waals surface area contributed by atoms with Gasteiger partial charge in [-0.15, -0.1) is 0 Å². The first-order valence-corrected chi connectivity index (χ1v) is 14.7. The van der Waals surface area contributed by atoms with Crippen molar-refractivity contribution in [2.24, 2.45) is 0 Å². The second-order valence-electron chi connectivity index (χ2n) is 8.62. The molecule has 0 aromatic heterocycles. The van der Waals surface area contributed by atoms with Gasteiger partial charge in [0.15, 0.2) is 0 Å². The van der Waals surface area contributed by atoms with Crippen LogP contribution in [-0.2, 0) is 32.6 Å². The normalized spacial score (nSPS) is 12.2. The third kappa shape index (κ3) is 8.39. The van der Waals surface area contributed by atoms with Gasteiger partial charge in [-0.25, -0.2) is 8.42 Å². The molecule has 0 radical (unpaired) electrons. The molecule has 0 aliphatic rings.